The summed E-state index contributed by atoms with van der Waals surface area (Å²) >= 11 is 0. The van der Waals surface area contributed by atoms with Crippen molar-refractivity contribution in [3.05, 3.63) is 35.9 Å². The summed E-state index contributed by atoms with van der Waals surface area (Å²) in [7, 11) is 0. The average molecular weight is 276 g/mol. The van der Waals surface area contributed by atoms with Crippen LogP contribution in [0.5, 0.6) is 0 Å². The summed E-state index contributed by atoms with van der Waals surface area (Å²) in [6.07, 6.45) is 0. The van der Waals surface area contributed by atoms with Crippen LogP contribution < -0.4 is 5.32 Å². The van der Waals surface area contributed by atoms with E-state index in [1.165, 1.54) is 12.1 Å². The Morgan fingerprint density at radius 1 is 1.35 bits per heavy atom. The quantitative estimate of drug-likeness (QED) is 0.900. The van der Waals surface area contributed by atoms with Gasteiger partial charge in [-0.3, -0.25) is 4.90 Å². The zero-order chi connectivity index (χ0) is 13.9. The lowest BCUT2D eigenvalue weighted by Gasteiger charge is -2.36. The van der Waals surface area contributed by atoms with E-state index in [-0.39, 0.29) is 5.82 Å². The number of halogens is 1. The van der Waals surface area contributed by atoms with Crippen LogP contribution in [0.15, 0.2) is 28.8 Å². The first-order valence-corrected chi connectivity index (χ1v) is 6.79. The largest absolute Gasteiger partial charge is 0.334 e. The van der Waals surface area contributed by atoms with Crippen LogP contribution in [0.25, 0.3) is 11.5 Å². The molecule has 0 atom stereocenters. The molecule has 1 N–H and O–H groups in total. The van der Waals surface area contributed by atoms with Crippen LogP contribution in [0.4, 0.5) is 4.39 Å². The lowest BCUT2D eigenvalue weighted by molar-refractivity contribution is 0.140. The van der Waals surface area contributed by atoms with Gasteiger partial charge in [-0.05, 0) is 30.8 Å². The van der Waals surface area contributed by atoms with Crippen LogP contribution in [0.1, 0.15) is 12.7 Å². The summed E-state index contributed by atoms with van der Waals surface area (Å²) in [5.74, 6) is 0.823. The number of hydrogen-bond donors (Lipinski definition) is 1. The highest BCUT2D eigenvalue weighted by Gasteiger charge is 2.24. The zero-order valence-corrected chi connectivity index (χ0v) is 11.3. The van der Waals surface area contributed by atoms with Crippen LogP contribution >= 0.6 is 0 Å². The Kier molecular flexibility index (Phi) is 3.75. The van der Waals surface area contributed by atoms with E-state index in [0.29, 0.717) is 24.3 Å². The Morgan fingerprint density at radius 2 is 2.10 bits per heavy atom. The third kappa shape index (κ3) is 2.71. The highest BCUT2D eigenvalue weighted by molar-refractivity contribution is 5.52. The summed E-state index contributed by atoms with van der Waals surface area (Å²) in [6.45, 7) is 5.77. The number of aromatic nitrogens is 2. The van der Waals surface area contributed by atoms with E-state index in [9.17, 15) is 4.39 Å². The second-order valence-corrected chi connectivity index (χ2v) is 4.90. The van der Waals surface area contributed by atoms with E-state index in [4.69, 9.17) is 4.52 Å². The maximum absolute atomic E-state index is 12.9. The van der Waals surface area contributed by atoms with Gasteiger partial charge in [-0.2, -0.15) is 4.98 Å². The molecule has 0 bridgehead atoms. The maximum atomic E-state index is 12.9. The van der Waals surface area contributed by atoms with Crippen molar-refractivity contribution in [3.63, 3.8) is 0 Å². The standard InChI is InChI=1S/C14H17FN4O/c1-2-19(12-7-16-8-12)9-13-17-14(20-18-13)10-3-5-11(15)6-4-10/h3-6,12,16H,2,7-9H2,1H3. The van der Waals surface area contributed by atoms with E-state index >= 15 is 0 Å². The Hall–Kier alpha value is -1.79. The van der Waals surface area contributed by atoms with Gasteiger partial charge in [0.05, 0.1) is 6.54 Å². The molecular formula is C14H17FN4O. The smallest absolute Gasteiger partial charge is 0.257 e. The highest BCUT2D eigenvalue weighted by Crippen LogP contribution is 2.18. The second kappa shape index (κ2) is 5.68. The van der Waals surface area contributed by atoms with E-state index in [1.54, 1.807) is 12.1 Å². The van der Waals surface area contributed by atoms with E-state index in [1.807, 2.05) is 0 Å². The van der Waals surface area contributed by atoms with Crippen molar-refractivity contribution in [2.45, 2.75) is 19.5 Å². The lowest BCUT2D eigenvalue weighted by atomic mass is 10.1. The molecule has 3 rings (SSSR count). The average Bonchev–Trinajstić information content (AvgIpc) is 2.85. The molecule has 0 spiro atoms. The number of nitrogens with zero attached hydrogens (tertiary/aromatic N) is 3. The Balaban J connectivity index is 1.71. The predicted molar refractivity (Wildman–Crippen MR) is 72.4 cm³/mol. The minimum atomic E-state index is -0.275. The van der Waals surface area contributed by atoms with Gasteiger partial charge in [-0.15, -0.1) is 0 Å². The first kappa shape index (κ1) is 13.2. The normalized spacial score (nSPS) is 15.6. The molecule has 0 aliphatic carbocycles. The highest BCUT2D eigenvalue weighted by atomic mass is 19.1. The number of likely N-dealkylation sites (N-methyl/N-ethyl adjacent to an activating group) is 1. The fraction of sp³-hybridized carbons (Fsp3) is 0.429. The van der Waals surface area contributed by atoms with Gasteiger partial charge in [-0.1, -0.05) is 12.1 Å². The molecule has 1 aromatic carbocycles. The Bertz CT molecular complexity index is 565. The molecular weight excluding hydrogens is 259 g/mol. The van der Waals surface area contributed by atoms with Crippen LogP contribution in [0.2, 0.25) is 0 Å². The van der Waals surface area contributed by atoms with Gasteiger partial charge in [0, 0.05) is 24.7 Å². The number of rotatable bonds is 5. The number of benzene rings is 1. The van der Waals surface area contributed by atoms with Gasteiger partial charge in [-0.25, -0.2) is 4.39 Å². The van der Waals surface area contributed by atoms with Crippen molar-refractivity contribution in [2.75, 3.05) is 19.6 Å². The van der Waals surface area contributed by atoms with Crippen molar-refractivity contribution >= 4 is 0 Å². The summed E-state index contributed by atoms with van der Waals surface area (Å²) in [5.41, 5.74) is 0.735. The lowest BCUT2D eigenvalue weighted by Crippen LogP contribution is -2.56. The van der Waals surface area contributed by atoms with Gasteiger partial charge in [0.2, 0.25) is 0 Å². The second-order valence-electron chi connectivity index (χ2n) is 4.90. The molecule has 1 aliphatic heterocycles. The molecule has 20 heavy (non-hydrogen) atoms. The fourth-order valence-corrected chi connectivity index (χ4v) is 2.24. The predicted octanol–water partition coefficient (Wildman–Crippen LogP) is 1.67. The first-order valence-electron chi connectivity index (χ1n) is 6.79. The monoisotopic (exact) mass is 276 g/mol. The molecule has 5 nitrogen and oxygen atoms in total. The van der Waals surface area contributed by atoms with Crippen molar-refractivity contribution in [3.8, 4) is 11.5 Å². The SMILES string of the molecule is CCN(Cc1noc(-c2ccc(F)cc2)n1)C1CNC1. The van der Waals surface area contributed by atoms with Crippen LogP contribution in [-0.2, 0) is 6.54 Å². The summed E-state index contributed by atoms with van der Waals surface area (Å²) < 4.78 is 18.1. The zero-order valence-electron chi connectivity index (χ0n) is 11.3. The van der Waals surface area contributed by atoms with Crippen molar-refractivity contribution < 1.29 is 8.91 Å². The van der Waals surface area contributed by atoms with Crippen molar-refractivity contribution in [1.82, 2.24) is 20.4 Å². The molecule has 106 valence electrons. The molecule has 0 saturated carbocycles. The third-order valence-corrected chi connectivity index (χ3v) is 3.59. The summed E-state index contributed by atoms with van der Waals surface area (Å²) in [6, 6.07) is 6.60. The summed E-state index contributed by atoms with van der Waals surface area (Å²) in [5, 5.41) is 7.26. The van der Waals surface area contributed by atoms with Gasteiger partial charge in [0.1, 0.15) is 5.82 Å². The molecule has 1 saturated heterocycles. The third-order valence-electron chi connectivity index (χ3n) is 3.59. The van der Waals surface area contributed by atoms with E-state index in [2.05, 4.69) is 27.3 Å². The van der Waals surface area contributed by atoms with Crippen LogP contribution in [0, 0.1) is 5.82 Å². The number of nitrogens with one attached hydrogen (secondary N) is 1. The Labute approximate surface area is 116 Å². The maximum Gasteiger partial charge on any atom is 0.257 e. The molecule has 1 fully saturated rings. The Morgan fingerprint density at radius 3 is 2.70 bits per heavy atom. The van der Waals surface area contributed by atoms with Gasteiger partial charge in [0.15, 0.2) is 5.82 Å². The molecule has 2 aromatic rings. The summed E-state index contributed by atoms with van der Waals surface area (Å²) in [4.78, 5) is 6.69. The van der Waals surface area contributed by atoms with Crippen molar-refractivity contribution in [1.29, 1.82) is 0 Å². The van der Waals surface area contributed by atoms with Gasteiger partial charge < -0.3 is 9.84 Å². The molecule has 0 amide bonds. The van der Waals surface area contributed by atoms with Crippen molar-refractivity contribution in [2.24, 2.45) is 0 Å². The van der Waals surface area contributed by atoms with Crippen LogP contribution in [-0.4, -0.2) is 40.7 Å². The molecule has 0 radical (unpaired) electrons. The fourth-order valence-electron chi connectivity index (χ4n) is 2.24. The topological polar surface area (TPSA) is 54.2 Å². The van der Waals surface area contributed by atoms with E-state index < -0.39 is 0 Å². The molecule has 2 heterocycles. The molecule has 0 unspecified atom stereocenters. The van der Waals surface area contributed by atoms with Crippen LogP contribution in [0.3, 0.4) is 0 Å². The first-order chi connectivity index (χ1) is 9.76. The molecule has 6 heteroatoms. The minimum absolute atomic E-state index is 0.275. The number of hydrogen-bond acceptors (Lipinski definition) is 5. The molecule has 1 aromatic heterocycles. The minimum Gasteiger partial charge on any atom is -0.334 e. The van der Waals surface area contributed by atoms with Gasteiger partial charge >= 0.3 is 0 Å². The molecule has 1 aliphatic rings. The van der Waals surface area contributed by atoms with E-state index in [0.717, 1.165) is 25.2 Å². The van der Waals surface area contributed by atoms with Gasteiger partial charge in [0.25, 0.3) is 5.89 Å².